The third-order valence-corrected chi connectivity index (χ3v) is 7.05. The fourth-order valence-corrected chi connectivity index (χ4v) is 4.86. The van der Waals surface area contributed by atoms with Crippen LogP contribution < -0.4 is 10.2 Å². The number of aromatic nitrogens is 2. The molecule has 2 aliphatic heterocycles. The van der Waals surface area contributed by atoms with E-state index in [2.05, 4.69) is 20.0 Å². The van der Waals surface area contributed by atoms with E-state index < -0.39 is 40.2 Å². The number of carbonyl (C=O) groups is 1. The summed E-state index contributed by atoms with van der Waals surface area (Å²) >= 11 is 0. The number of alkyl halides is 3. The van der Waals surface area contributed by atoms with Crippen molar-refractivity contribution < 1.29 is 35.3 Å². The highest BCUT2D eigenvalue weighted by Gasteiger charge is 2.38. The fourth-order valence-electron chi connectivity index (χ4n) is 4.22. The van der Waals surface area contributed by atoms with Crippen molar-refractivity contribution in [3.8, 4) is 0 Å². The molecule has 0 aliphatic carbocycles. The maximum Gasteiger partial charge on any atom is 0.397 e. The van der Waals surface area contributed by atoms with Gasteiger partial charge in [-0.3, -0.25) is 4.79 Å². The molecule has 2 aromatic rings. The number of nitrogens with zero attached hydrogens (tertiary/aromatic N) is 4. The Morgan fingerprint density at radius 2 is 1.88 bits per heavy atom. The summed E-state index contributed by atoms with van der Waals surface area (Å²) < 4.78 is 79.6. The van der Waals surface area contributed by atoms with Crippen LogP contribution in [0.5, 0.6) is 0 Å². The fraction of sp³-hybridized carbons (Fsp3) is 0.550. The van der Waals surface area contributed by atoms with Crippen molar-refractivity contribution in [2.24, 2.45) is 0 Å². The molecule has 2 fully saturated rings. The Kier molecular flexibility index (Phi) is 6.44. The van der Waals surface area contributed by atoms with Crippen LogP contribution in [-0.4, -0.2) is 73.5 Å². The van der Waals surface area contributed by atoms with Gasteiger partial charge >= 0.3 is 6.18 Å². The minimum absolute atomic E-state index is 0.0502. The van der Waals surface area contributed by atoms with Gasteiger partial charge in [0.2, 0.25) is 11.8 Å². The van der Waals surface area contributed by atoms with Gasteiger partial charge in [-0.1, -0.05) is 0 Å². The second-order valence-electron chi connectivity index (χ2n) is 8.43. The zero-order valence-electron chi connectivity index (χ0n) is 18.2. The summed E-state index contributed by atoms with van der Waals surface area (Å²) in [6, 6.07) is 2.79. The van der Waals surface area contributed by atoms with E-state index in [0.29, 0.717) is 38.9 Å². The second-order valence-corrected chi connectivity index (χ2v) is 10.4. The zero-order chi connectivity index (χ0) is 24.7. The molecule has 2 aliphatic rings. The molecule has 1 aromatic heterocycles. The summed E-state index contributed by atoms with van der Waals surface area (Å²) in [5.74, 6) is -1.34. The first-order chi connectivity index (χ1) is 15.9. The van der Waals surface area contributed by atoms with Gasteiger partial charge < -0.3 is 19.6 Å². The zero-order valence-corrected chi connectivity index (χ0v) is 19.0. The molecule has 1 atom stereocenters. The maximum atomic E-state index is 14.4. The smallest absolute Gasteiger partial charge is 0.371 e. The lowest BCUT2D eigenvalue weighted by Crippen LogP contribution is -2.47. The molecule has 14 heteroatoms. The molecule has 0 saturated carbocycles. The summed E-state index contributed by atoms with van der Waals surface area (Å²) in [5, 5.41) is 6.49. The largest absolute Gasteiger partial charge is 0.397 e. The van der Waals surface area contributed by atoms with Crippen molar-refractivity contribution in [2.75, 3.05) is 36.1 Å². The number of anilines is 2. The number of halogens is 4. The quantitative estimate of drug-likeness (QED) is 0.597. The third-order valence-electron chi connectivity index (χ3n) is 5.94. The predicted molar refractivity (Wildman–Crippen MR) is 113 cm³/mol. The van der Waals surface area contributed by atoms with Crippen LogP contribution in [-0.2, 0) is 21.1 Å². The lowest BCUT2D eigenvalue weighted by Gasteiger charge is -2.36. The first-order valence-electron chi connectivity index (χ1n) is 10.6. The monoisotopic (exact) mass is 505 g/mol. The Balaban J connectivity index is 1.33. The molecular formula is C20H23F4N5O4S. The van der Waals surface area contributed by atoms with Crippen LogP contribution in [0, 0.1) is 5.82 Å². The molecule has 3 heterocycles. The Bertz CT molecular complexity index is 1160. The summed E-state index contributed by atoms with van der Waals surface area (Å²) in [7, 11) is -3.55. The van der Waals surface area contributed by atoms with E-state index in [1.54, 1.807) is 9.80 Å². The summed E-state index contributed by atoms with van der Waals surface area (Å²) in [4.78, 5) is 20.0. The molecular weight excluding hydrogens is 482 g/mol. The normalized spacial score (nSPS) is 20.3. The molecule has 2 saturated heterocycles. The molecule has 0 spiro atoms. The lowest BCUT2D eigenvalue weighted by atomic mass is 10.0. The van der Waals surface area contributed by atoms with Gasteiger partial charge in [-0.05, 0) is 42.6 Å². The van der Waals surface area contributed by atoms with Gasteiger partial charge in [0.05, 0.1) is 10.6 Å². The van der Waals surface area contributed by atoms with Crippen molar-refractivity contribution in [3.63, 3.8) is 0 Å². The molecule has 0 unspecified atom stereocenters. The molecule has 1 aromatic carbocycles. The van der Waals surface area contributed by atoms with E-state index in [0.717, 1.165) is 12.3 Å². The summed E-state index contributed by atoms with van der Waals surface area (Å²) in [6.45, 7) is 1.36. The standard InChI is InChI=1S/C20H23F4N5O4S/c1-34(31,32)13-2-3-15(14(21)10-13)25-16-6-9-29(18(16)30)12-4-7-28(8-5-12)19-26-17(33-27-19)11-20(22,23)24/h2-3,10,12,16,25H,4-9,11H2,1H3/t16-/m0/s1. The topological polar surface area (TPSA) is 109 Å². The molecule has 1 N–H and O–H groups in total. The molecule has 1 amide bonds. The van der Waals surface area contributed by atoms with Crippen molar-refractivity contribution in [1.82, 2.24) is 15.0 Å². The molecule has 4 rings (SSSR count). The van der Waals surface area contributed by atoms with E-state index in [4.69, 9.17) is 0 Å². The van der Waals surface area contributed by atoms with Crippen molar-refractivity contribution in [3.05, 3.63) is 29.9 Å². The number of hydrogen-bond acceptors (Lipinski definition) is 8. The summed E-state index contributed by atoms with van der Waals surface area (Å²) in [5.41, 5.74) is 0.0502. The van der Waals surface area contributed by atoms with Gasteiger partial charge in [-0.25, -0.2) is 12.8 Å². The van der Waals surface area contributed by atoms with Crippen LogP contribution in [0.3, 0.4) is 0 Å². The average Bonchev–Trinajstić information content (AvgIpc) is 3.34. The van der Waals surface area contributed by atoms with Gasteiger partial charge in [-0.2, -0.15) is 18.2 Å². The Morgan fingerprint density at radius 1 is 1.18 bits per heavy atom. The highest BCUT2D eigenvalue weighted by atomic mass is 32.2. The third kappa shape index (κ3) is 5.42. The minimum atomic E-state index is -4.43. The molecule has 9 nitrogen and oxygen atoms in total. The van der Waals surface area contributed by atoms with E-state index in [-0.39, 0.29) is 28.5 Å². The number of hydrogen-bond donors (Lipinski definition) is 1. The van der Waals surface area contributed by atoms with Crippen molar-refractivity contribution in [2.45, 2.75) is 48.8 Å². The number of rotatable bonds is 6. The number of nitrogens with one attached hydrogen (secondary N) is 1. The van der Waals surface area contributed by atoms with Gasteiger partial charge in [0.15, 0.2) is 9.84 Å². The number of benzene rings is 1. The molecule has 186 valence electrons. The first kappa shape index (κ1) is 24.2. The number of sulfone groups is 1. The number of likely N-dealkylation sites (tertiary alicyclic amines) is 1. The number of amides is 1. The number of piperidine rings is 1. The SMILES string of the molecule is CS(=O)(=O)c1ccc(N[C@H]2CCN(C3CCN(c4noc(CC(F)(F)F)n4)CC3)C2=O)c(F)c1. The van der Waals surface area contributed by atoms with Gasteiger partial charge in [-0.15, -0.1) is 0 Å². The molecule has 34 heavy (non-hydrogen) atoms. The van der Waals surface area contributed by atoms with Crippen LogP contribution in [0.25, 0.3) is 0 Å². The summed E-state index contributed by atoms with van der Waals surface area (Å²) in [6.07, 6.45) is -3.14. The minimum Gasteiger partial charge on any atom is -0.371 e. The Morgan fingerprint density at radius 3 is 2.50 bits per heavy atom. The lowest BCUT2D eigenvalue weighted by molar-refractivity contribution is -0.132. The highest BCUT2D eigenvalue weighted by molar-refractivity contribution is 7.90. The Labute approximate surface area is 193 Å². The molecule has 0 radical (unpaired) electrons. The molecule has 0 bridgehead atoms. The van der Waals surface area contributed by atoms with Crippen LogP contribution in [0.1, 0.15) is 25.2 Å². The number of carbonyl (C=O) groups excluding carboxylic acids is 1. The van der Waals surface area contributed by atoms with Crippen molar-refractivity contribution >= 4 is 27.4 Å². The van der Waals surface area contributed by atoms with Crippen LogP contribution in [0.15, 0.2) is 27.6 Å². The van der Waals surface area contributed by atoms with Crippen LogP contribution >= 0.6 is 0 Å². The van der Waals surface area contributed by atoms with E-state index >= 15 is 0 Å². The van der Waals surface area contributed by atoms with Gasteiger partial charge in [0.25, 0.3) is 5.95 Å². The average molecular weight is 505 g/mol. The predicted octanol–water partition coefficient (Wildman–Crippen LogP) is 2.40. The first-order valence-corrected chi connectivity index (χ1v) is 12.5. The van der Waals surface area contributed by atoms with Gasteiger partial charge in [0, 0.05) is 31.9 Å². The maximum absolute atomic E-state index is 14.4. The van der Waals surface area contributed by atoms with Crippen molar-refractivity contribution in [1.29, 1.82) is 0 Å². The second kappa shape index (κ2) is 9.04. The Hall–Kier alpha value is -2.90. The highest BCUT2D eigenvalue weighted by Crippen LogP contribution is 2.28. The van der Waals surface area contributed by atoms with Gasteiger partial charge in [0.1, 0.15) is 18.3 Å². The van der Waals surface area contributed by atoms with Crippen LogP contribution in [0.2, 0.25) is 0 Å². The van der Waals surface area contributed by atoms with Crippen LogP contribution in [0.4, 0.5) is 29.2 Å². The van der Waals surface area contributed by atoms with E-state index in [1.165, 1.54) is 12.1 Å². The van der Waals surface area contributed by atoms with E-state index in [9.17, 15) is 30.8 Å². The van der Waals surface area contributed by atoms with E-state index in [1.807, 2.05) is 0 Å².